The lowest BCUT2D eigenvalue weighted by Gasteiger charge is -2.13. The normalized spacial score (nSPS) is 12.0. The van der Waals surface area contributed by atoms with Crippen molar-refractivity contribution in [2.45, 2.75) is 4.83 Å². The Morgan fingerprint density at radius 3 is 2.27 bits per heavy atom. The fourth-order valence-electron chi connectivity index (χ4n) is 1.18. The number of alkyl halides is 1. The van der Waals surface area contributed by atoms with Crippen molar-refractivity contribution in [2.75, 3.05) is 26.1 Å². The molecule has 0 radical (unpaired) electrons. The van der Waals surface area contributed by atoms with Gasteiger partial charge >= 0.3 is 5.97 Å². The second kappa shape index (κ2) is 5.16. The van der Waals surface area contributed by atoms with Crippen molar-refractivity contribution in [3.8, 4) is 0 Å². The number of nitrogens with zero attached hydrogens (tertiary/aromatic N) is 1. The van der Waals surface area contributed by atoms with Gasteiger partial charge in [0, 0.05) is 19.8 Å². The molecular formula is C11H14BrNO2. The Morgan fingerprint density at radius 2 is 1.87 bits per heavy atom. The predicted molar refractivity (Wildman–Crippen MR) is 64.5 cm³/mol. The number of carbonyl (C=O) groups excluding carboxylic acids is 1. The standard InChI is InChI=1S/C11H14BrNO2/c1-13(2)9-6-4-8(5-7-9)10(12)11(14)15-3/h4-7,10H,1-3H3. The van der Waals surface area contributed by atoms with Crippen LogP contribution in [0.4, 0.5) is 5.69 Å². The van der Waals surface area contributed by atoms with Crippen molar-refractivity contribution in [2.24, 2.45) is 0 Å². The van der Waals surface area contributed by atoms with E-state index >= 15 is 0 Å². The summed E-state index contributed by atoms with van der Waals surface area (Å²) in [5.41, 5.74) is 2.00. The van der Waals surface area contributed by atoms with Gasteiger partial charge in [-0.1, -0.05) is 28.1 Å². The quantitative estimate of drug-likeness (QED) is 0.625. The Bertz CT molecular complexity index is 335. The van der Waals surface area contributed by atoms with E-state index in [0.717, 1.165) is 11.3 Å². The van der Waals surface area contributed by atoms with Crippen LogP contribution in [0.3, 0.4) is 0 Å². The molecule has 1 atom stereocenters. The Morgan fingerprint density at radius 1 is 1.33 bits per heavy atom. The van der Waals surface area contributed by atoms with Crippen LogP contribution in [-0.4, -0.2) is 27.2 Å². The molecule has 0 N–H and O–H groups in total. The molecule has 82 valence electrons. The van der Waals surface area contributed by atoms with Crippen LogP contribution in [0.5, 0.6) is 0 Å². The van der Waals surface area contributed by atoms with E-state index in [1.807, 2.05) is 43.3 Å². The second-order valence-corrected chi connectivity index (χ2v) is 4.29. The van der Waals surface area contributed by atoms with Gasteiger partial charge in [-0.25, -0.2) is 0 Å². The van der Waals surface area contributed by atoms with E-state index in [0.29, 0.717) is 0 Å². The van der Waals surface area contributed by atoms with Crippen LogP contribution in [0.15, 0.2) is 24.3 Å². The molecule has 0 heterocycles. The van der Waals surface area contributed by atoms with Gasteiger partial charge in [-0.15, -0.1) is 0 Å². The zero-order chi connectivity index (χ0) is 11.4. The molecule has 0 bridgehead atoms. The summed E-state index contributed by atoms with van der Waals surface area (Å²) in [5.74, 6) is -0.285. The number of hydrogen-bond donors (Lipinski definition) is 0. The number of halogens is 1. The van der Waals surface area contributed by atoms with Crippen LogP contribution in [0.25, 0.3) is 0 Å². The molecule has 1 aromatic carbocycles. The Balaban J connectivity index is 2.84. The number of methoxy groups -OCH3 is 1. The van der Waals surface area contributed by atoms with E-state index in [4.69, 9.17) is 0 Å². The third-order valence-corrected chi connectivity index (χ3v) is 3.01. The van der Waals surface area contributed by atoms with E-state index in [1.54, 1.807) is 0 Å². The van der Waals surface area contributed by atoms with Gasteiger partial charge in [0.25, 0.3) is 0 Å². The van der Waals surface area contributed by atoms with E-state index in [-0.39, 0.29) is 5.97 Å². The molecule has 0 aliphatic carbocycles. The summed E-state index contributed by atoms with van der Waals surface area (Å²) < 4.78 is 4.65. The number of rotatable bonds is 3. The minimum absolute atomic E-state index is 0.285. The molecule has 0 aromatic heterocycles. The molecule has 0 saturated heterocycles. The summed E-state index contributed by atoms with van der Waals surface area (Å²) in [5, 5.41) is 0. The van der Waals surface area contributed by atoms with Crippen LogP contribution in [0, 0.1) is 0 Å². The van der Waals surface area contributed by atoms with Crippen LogP contribution in [-0.2, 0) is 9.53 Å². The van der Waals surface area contributed by atoms with Gasteiger partial charge in [-0.3, -0.25) is 4.79 Å². The first-order valence-electron chi connectivity index (χ1n) is 4.55. The average molecular weight is 272 g/mol. The van der Waals surface area contributed by atoms with Gasteiger partial charge in [0.05, 0.1) is 7.11 Å². The number of benzene rings is 1. The maximum atomic E-state index is 11.3. The third kappa shape index (κ3) is 2.96. The fraction of sp³-hybridized carbons (Fsp3) is 0.364. The van der Waals surface area contributed by atoms with Gasteiger partial charge in [-0.2, -0.15) is 0 Å². The molecule has 4 heteroatoms. The smallest absolute Gasteiger partial charge is 0.323 e. The summed E-state index contributed by atoms with van der Waals surface area (Å²) in [7, 11) is 5.33. The average Bonchev–Trinajstić information content (AvgIpc) is 2.27. The highest BCUT2D eigenvalue weighted by Crippen LogP contribution is 2.25. The van der Waals surface area contributed by atoms with Crippen LogP contribution < -0.4 is 4.90 Å². The summed E-state index contributed by atoms with van der Waals surface area (Å²) in [6, 6.07) is 7.75. The van der Waals surface area contributed by atoms with Crippen LogP contribution in [0.2, 0.25) is 0 Å². The van der Waals surface area contributed by atoms with Crippen LogP contribution >= 0.6 is 15.9 Å². The first-order chi connectivity index (χ1) is 7.06. The van der Waals surface area contributed by atoms with Crippen molar-refractivity contribution in [3.63, 3.8) is 0 Å². The first kappa shape index (κ1) is 12.0. The molecule has 0 aliphatic rings. The van der Waals surface area contributed by atoms with Crippen molar-refractivity contribution < 1.29 is 9.53 Å². The Hall–Kier alpha value is -1.03. The number of carbonyl (C=O) groups is 1. The minimum Gasteiger partial charge on any atom is -0.468 e. The maximum absolute atomic E-state index is 11.3. The molecule has 1 unspecified atom stereocenters. The first-order valence-corrected chi connectivity index (χ1v) is 5.47. The van der Waals surface area contributed by atoms with E-state index in [1.165, 1.54) is 7.11 Å². The van der Waals surface area contributed by atoms with Gasteiger partial charge < -0.3 is 9.64 Å². The summed E-state index contributed by atoms with van der Waals surface area (Å²) in [4.78, 5) is 12.9. The van der Waals surface area contributed by atoms with Gasteiger partial charge in [0.15, 0.2) is 0 Å². The molecule has 0 aliphatic heterocycles. The monoisotopic (exact) mass is 271 g/mol. The van der Waals surface area contributed by atoms with Crippen LogP contribution in [0.1, 0.15) is 10.4 Å². The van der Waals surface area contributed by atoms with E-state index in [2.05, 4.69) is 20.7 Å². The molecular weight excluding hydrogens is 258 g/mol. The Labute approximate surface area is 98.2 Å². The largest absolute Gasteiger partial charge is 0.468 e. The molecule has 0 fully saturated rings. The van der Waals surface area contributed by atoms with Gasteiger partial charge in [-0.05, 0) is 17.7 Å². The van der Waals surface area contributed by atoms with E-state index in [9.17, 15) is 4.79 Å². The number of esters is 1. The molecule has 0 saturated carbocycles. The van der Waals surface area contributed by atoms with Crippen molar-refractivity contribution in [1.29, 1.82) is 0 Å². The van der Waals surface area contributed by atoms with Gasteiger partial charge in [0.2, 0.25) is 0 Å². The summed E-state index contributed by atoms with van der Waals surface area (Å²) >= 11 is 3.28. The topological polar surface area (TPSA) is 29.5 Å². The SMILES string of the molecule is COC(=O)C(Br)c1ccc(N(C)C)cc1. The highest BCUT2D eigenvalue weighted by Gasteiger charge is 2.17. The molecule has 3 nitrogen and oxygen atoms in total. The highest BCUT2D eigenvalue weighted by molar-refractivity contribution is 9.09. The lowest BCUT2D eigenvalue weighted by Crippen LogP contribution is -2.10. The lowest BCUT2D eigenvalue weighted by atomic mass is 10.1. The summed E-state index contributed by atoms with van der Waals surface area (Å²) in [6.45, 7) is 0. The Kier molecular flexibility index (Phi) is 4.15. The lowest BCUT2D eigenvalue weighted by molar-refractivity contribution is -0.139. The third-order valence-electron chi connectivity index (χ3n) is 2.11. The van der Waals surface area contributed by atoms with Crippen molar-refractivity contribution >= 4 is 27.6 Å². The van der Waals surface area contributed by atoms with Gasteiger partial charge in [0.1, 0.15) is 4.83 Å². The molecule has 15 heavy (non-hydrogen) atoms. The molecule has 0 amide bonds. The maximum Gasteiger partial charge on any atom is 0.323 e. The van der Waals surface area contributed by atoms with E-state index < -0.39 is 4.83 Å². The fourth-order valence-corrected chi connectivity index (χ4v) is 1.67. The minimum atomic E-state index is -0.390. The zero-order valence-corrected chi connectivity index (χ0v) is 10.6. The van der Waals surface area contributed by atoms with Crippen molar-refractivity contribution in [1.82, 2.24) is 0 Å². The number of anilines is 1. The molecule has 0 spiro atoms. The summed E-state index contributed by atoms with van der Waals surface area (Å²) in [6.07, 6.45) is 0. The number of ether oxygens (including phenoxy) is 1. The molecule has 1 aromatic rings. The second-order valence-electron chi connectivity index (χ2n) is 3.37. The predicted octanol–water partition coefficient (Wildman–Crippen LogP) is 2.36. The highest BCUT2D eigenvalue weighted by atomic mass is 79.9. The van der Waals surface area contributed by atoms with Crippen molar-refractivity contribution in [3.05, 3.63) is 29.8 Å². The molecule has 1 rings (SSSR count). The number of hydrogen-bond acceptors (Lipinski definition) is 3. The zero-order valence-electron chi connectivity index (χ0n) is 9.03.